The number of ether oxygens (including phenoxy) is 2. The van der Waals surface area contributed by atoms with Crippen molar-refractivity contribution in [2.24, 2.45) is 5.92 Å². The number of nitrogens with one attached hydrogen (secondary N) is 1. The van der Waals surface area contributed by atoms with Crippen LogP contribution in [0.4, 0.5) is 5.69 Å². The van der Waals surface area contributed by atoms with E-state index in [1.165, 1.54) is 16.6 Å². The fraction of sp³-hybridized carbons (Fsp3) is 0.296. The molecule has 0 spiro atoms. The molecule has 2 aromatic carbocycles. The molecule has 1 aliphatic rings. The zero-order chi connectivity index (χ0) is 25.2. The quantitative estimate of drug-likeness (QED) is 0.262. The fourth-order valence-corrected chi connectivity index (χ4v) is 6.74. The number of amides is 1. The summed E-state index contributed by atoms with van der Waals surface area (Å²) in [6.07, 6.45) is 2.96. The van der Waals surface area contributed by atoms with Crippen molar-refractivity contribution in [3.63, 3.8) is 0 Å². The van der Waals surface area contributed by atoms with E-state index in [2.05, 4.69) is 12.2 Å². The van der Waals surface area contributed by atoms with Gasteiger partial charge in [0.1, 0.15) is 16.3 Å². The summed E-state index contributed by atoms with van der Waals surface area (Å²) in [6, 6.07) is 14.7. The van der Waals surface area contributed by atoms with Gasteiger partial charge in [0.25, 0.3) is 5.56 Å². The fourth-order valence-electron chi connectivity index (χ4n) is 4.50. The molecule has 5 rings (SSSR count). The maximum Gasteiger partial charge on any atom is 0.267 e. The van der Waals surface area contributed by atoms with Crippen LogP contribution in [0.5, 0.6) is 11.5 Å². The zero-order valence-corrected chi connectivity index (χ0v) is 22.0. The molecule has 1 unspecified atom stereocenters. The minimum absolute atomic E-state index is 0.0735. The molecule has 1 atom stereocenters. The molecule has 0 bridgehead atoms. The second-order valence-corrected chi connectivity index (χ2v) is 10.8. The van der Waals surface area contributed by atoms with E-state index in [0.717, 1.165) is 40.7 Å². The van der Waals surface area contributed by atoms with Gasteiger partial charge < -0.3 is 14.8 Å². The van der Waals surface area contributed by atoms with Gasteiger partial charge in [0.15, 0.2) is 5.16 Å². The number of hydrogen-bond donors (Lipinski definition) is 1. The first-order chi connectivity index (χ1) is 17.5. The van der Waals surface area contributed by atoms with E-state index in [0.29, 0.717) is 28.3 Å². The third-order valence-corrected chi connectivity index (χ3v) is 8.41. The monoisotopic (exact) mass is 521 g/mol. The van der Waals surface area contributed by atoms with Gasteiger partial charge in [-0.25, -0.2) is 4.98 Å². The summed E-state index contributed by atoms with van der Waals surface area (Å²) < 4.78 is 12.3. The van der Waals surface area contributed by atoms with Crippen molar-refractivity contribution in [3.05, 3.63) is 69.3 Å². The number of aryl methyl sites for hydroxylation is 1. The first kappa shape index (κ1) is 24.4. The maximum absolute atomic E-state index is 13.8. The van der Waals surface area contributed by atoms with Gasteiger partial charge in [0.2, 0.25) is 5.91 Å². The van der Waals surface area contributed by atoms with Crippen LogP contribution in [0.3, 0.4) is 0 Å². The van der Waals surface area contributed by atoms with Crippen molar-refractivity contribution in [2.75, 3.05) is 25.3 Å². The number of benzene rings is 2. The Morgan fingerprint density at radius 2 is 2.00 bits per heavy atom. The van der Waals surface area contributed by atoms with Crippen LogP contribution in [0, 0.1) is 5.92 Å². The molecule has 2 aromatic heterocycles. The number of nitrogens with zero attached hydrogens (tertiary/aromatic N) is 2. The topological polar surface area (TPSA) is 82.5 Å². The molecule has 36 heavy (non-hydrogen) atoms. The predicted molar refractivity (Wildman–Crippen MR) is 145 cm³/mol. The molecular formula is C27H27N3O4S2. The normalized spacial score (nSPS) is 14.9. The second-order valence-electron chi connectivity index (χ2n) is 8.81. The molecule has 1 aliphatic carbocycles. The minimum Gasteiger partial charge on any atom is -0.497 e. The molecule has 2 heterocycles. The van der Waals surface area contributed by atoms with Gasteiger partial charge in [0, 0.05) is 10.9 Å². The summed E-state index contributed by atoms with van der Waals surface area (Å²) in [5, 5.41) is 4.11. The van der Waals surface area contributed by atoms with Gasteiger partial charge in [0.05, 0.1) is 36.7 Å². The van der Waals surface area contributed by atoms with E-state index in [1.54, 1.807) is 48.3 Å². The Morgan fingerprint density at radius 3 is 2.75 bits per heavy atom. The molecule has 186 valence electrons. The molecule has 0 radical (unpaired) electrons. The standard InChI is InChI=1S/C27H27N3O4S2/c1-16-9-11-19-22(13-16)36-25-24(19)26(32)30(17-7-5-4-6-8-17)27(29-25)35-15-23(31)28-20-14-18(33-2)10-12-21(20)34-3/h4-8,10,12,14,16H,9,11,13,15H2,1-3H3,(H,28,31). The molecule has 1 N–H and O–H groups in total. The van der Waals surface area contributed by atoms with E-state index in [4.69, 9.17) is 14.5 Å². The third kappa shape index (κ3) is 4.73. The Morgan fingerprint density at radius 1 is 1.19 bits per heavy atom. The van der Waals surface area contributed by atoms with Crippen molar-refractivity contribution in [2.45, 2.75) is 31.3 Å². The van der Waals surface area contributed by atoms with Crippen molar-refractivity contribution >= 4 is 44.9 Å². The largest absolute Gasteiger partial charge is 0.497 e. The van der Waals surface area contributed by atoms with Gasteiger partial charge in [-0.1, -0.05) is 36.9 Å². The highest BCUT2D eigenvalue weighted by Gasteiger charge is 2.25. The zero-order valence-electron chi connectivity index (χ0n) is 20.4. The lowest BCUT2D eigenvalue weighted by Crippen LogP contribution is -2.23. The lowest BCUT2D eigenvalue weighted by Gasteiger charge is -2.18. The van der Waals surface area contributed by atoms with E-state index in [-0.39, 0.29) is 17.2 Å². The molecule has 0 aliphatic heterocycles. The highest BCUT2D eigenvalue weighted by molar-refractivity contribution is 7.99. The van der Waals surface area contributed by atoms with Crippen LogP contribution in [0.25, 0.3) is 15.9 Å². The number of thioether (sulfide) groups is 1. The van der Waals surface area contributed by atoms with Gasteiger partial charge in [-0.05, 0) is 55.0 Å². The van der Waals surface area contributed by atoms with Gasteiger partial charge in [-0.3, -0.25) is 14.2 Å². The van der Waals surface area contributed by atoms with Crippen molar-refractivity contribution in [3.8, 4) is 17.2 Å². The number of aromatic nitrogens is 2. The van der Waals surface area contributed by atoms with Crippen LogP contribution < -0.4 is 20.3 Å². The number of thiophene rings is 1. The summed E-state index contributed by atoms with van der Waals surface area (Å²) in [7, 11) is 3.11. The van der Waals surface area contributed by atoms with Crippen LogP contribution in [0.2, 0.25) is 0 Å². The van der Waals surface area contributed by atoms with Crippen molar-refractivity contribution in [1.29, 1.82) is 0 Å². The number of anilines is 1. The van der Waals surface area contributed by atoms with E-state index in [9.17, 15) is 9.59 Å². The Bertz CT molecular complexity index is 1480. The first-order valence-corrected chi connectivity index (χ1v) is 13.6. The summed E-state index contributed by atoms with van der Waals surface area (Å²) in [5.74, 6) is 1.59. The van der Waals surface area contributed by atoms with Gasteiger partial charge in [-0.2, -0.15) is 0 Å². The second kappa shape index (κ2) is 10.4. The number of carbonyl (C=O) groups excluding carboxylic acids is 1. The van der Waals surface area contributed by atoms with Crippen molar-refractivity contribution < 1.29 is 14.3 Å². The number of methoxy groups -OCH3 is 2. The van der Waals surface area contributed by atoms with E-state index < -0.39 is 0 Å². The predicted octanol–water partition coefficient (Wildman–Crippen LogP) is 5.32. The Labute approximate surface area is 217 Å². The number of para-hydroxylation sites is 1. The van der Waals surface area contributed by atoms with Crippen LogP contribution in [0.15, 0.2) is 58.5 Å². The number of hydrogen-bond acceptors (Lipinski definition) is 7. The molecule has 0 saturated heterocycles. The number of carbonyl (C=O) groups is 1. The van der Waals surface area contributed by atoms with Crippen LogP contribution >= 0.6 is 23.1 Å². The highest BCUT2D eigenvalue weighted by Crippen LogP contribution is 2.37. The lowest BCUT2D eigenvalue weighted by atomic mass is 9.89. The molecule has 0 fully saturated rings. The minimum atomic E-state index is -0.236. The van der Waals surface area contributed by atoms with E-state index >= 15 is 0 Å². The van der Waals surface area contributed by atoms with Crippen LogP contribution in [-0.4, -0.2) is 35.4 Å². The first-order valence-electron chi connectivity index (χ1n) is 11.8. The highest BCUT2D eigenvalue weighted by atomic mass is 32.2. The molecule has 0 saturated carbocycles. The lowest BCUT2D eigenvalue weighted by molar-refractivity contribution is -0.113. The average Bonchev–Trinajstić information content (AvgIpc) is 3.25. The Balaban J connectivity index is 1.49. The Hall–Kier alpha value is -3.30. The summed E-state index contributed by atoms with van der Waals surface area (Å²) in [4.78, 5) is 33.7. The average molecular weight is 522 g/mol. The Kier molecular flexibility index (Phi) is 7.02. The molecule has 1 amide bonds. The SMILES string of the molecule is COc1ccc(OC)c(NC(=O)CSc2nc3sc4c(c3c(=O)n2-c2ccccc2)CCC(C)C4)c1. The summed E-state index contributed by atoms with van der Waals surface area (Å²) in [6.45, 7) is 2.25. The molecular weight excluding hydrogens is 494 g/mol. The van der Waals surface area contributed by atoms with Crippen LogP contribution in [0.1, 0.15) is 23.8 Å². The maximum atomic E-state index is 13.8. The van der Waals surface area contributed by atoms with E-state index in [1.807, 2.05) is 30.3 Å². The number of rotatable bonds is 7. The number of fused-ring (bicyclic) bond motifs is 3. The summed E-state index contributed by atoms with van der Waals surface area (Å²) >= 11 is 2.86. The molecule has 4 aromatic rings. The van der Waals surface area contributed by atoms with Gasteiger partial charge in [-0.15, -0.1) is 11.3 Å². The third-order valence-electron chi connectivity index (χ3n) is 6.33. The van der Waals surface area contributed by atoms with Crippen molar-refractivity contribution in [1.82, 2.24) is 9.55 Å². The summed E-state index contributed by atoms with van der Waals surface area (Å²) in [5.41, 5.74) is 2.33. The smallest absolute Gasteiger partial charge is 0.267 e. The van der Waals surface area contributed by atoms with Gasteiger partial charge >= 0.3 is 0 Å². The molecule has 7 nitrogen and oxygen atoms in total. The molecule has 9 heteroatoms. The van der Waals surface area contributed by atoms with Crippen LogP contribution in [-0.2, 0) is 17.6 Å².